The summed E-state index contributed by atoms with van der Waals surface area (Å²) in [6.45, 7) is 1.57. The van der Waals surface area contributed by atoms with Crippen LogP contribution in [0.5, 0.6) is 34.5 Å². The summed E-state index contributed by atoms with van der Waals surface area (Å²) >= 11 is 0. The Bertz CT molecular complexity index is 1240. The van der Waals surface area contributed by atoms with Gasteiger partial charge in [0.15, 0.2) is 50.4 Å². The molecule has 0 amide bonds. The molecular formula is C34H41O8P. The Kier molecular flexibility index (Phi) is 12.5. The topological polar surface area (TPSA) is 98.7 Å². The molecule has 0 saturated carbocycles. The summed E-state index contributed by atoms with van der Waals surface area (Å²) in [5.74, 6) is 3.55. The van der Waals surface area contributed by atoms with Crippen molar-refractivity contribution < 1.29 is 38.6 Å². The molecular weight excluding hydrogens is 567 g/mol. The van der Waals surface area contributed by atoms with E-state index in [4.69, 9.17) is 33.5 Å². The van der Waals surface area contributed by atoms with E-state index in [1.807, 2.05) is 84.9 Å². The number of methoxy groups -OCH3 is 6. The Morgan fingerprint density at radius 3 is 1.07 bits per heavy atom. The Labute approximate surface area is 255 Å². The Hall–Kier alpha value is -3.97. The van der Waals surface area contributed by atoms with Crippen molar-refractivity contribution in [2.24, 2.45) is 0 Å². The van der Waals surface area contributed by atoms with Gasteiger partial charge in [-0.15, -0.1) is 6.61 Å². The zero-order valence-electron chi connectivity index (χ0n) is 25.8. The van der Waals surface area contributed by atoms with Crippen LogP contribution >= 0.6 is 7.26 Å². The highest BCUT2D eigenvalue weighted by Crippen LogP contribution is 2.66. The minimum atomic E-state index is -3.10. The van der Waals surface area contributed by atoms with Crippen molar-refractivity contribution in [2.45, 2.75) is 13.0 Å². The molecule has 4 aromatic carbocycles. The molecule has 0 spiro atoms. The summed E-state index contributed by atoms with van der Waals surface area (Å²) in [6.07, 6.45) is -0.658. The van der Waals surface area contributed by atoms with Gasteiger partial charge in [-0.3, -0.25) is 0 Å². The van der Waals surface area contributed by atoms with Crippen molar-refractivity contribution in [3.05, 3.63) is 90.5 Å². The number of benzene rings is 4. The van der Waals surface area contributed by atoms with Gasteiger partial charge in [0.1, 0.15) is 19.5 Å². The number of rotatable bonds is 12. The number of hydrogen-bond donors (Lipinski definition) is 1. The van der Waals surface area contributed by atoms with Gasteiger partial charge in [-0.25, -0.2) is 0 Å². The molecule has 0 fully saturated rings. The lowest BCUT2D eigenvalue weighted by molar-refractivity contribution is -0.361. The summed E-state index contributed by atoms with van der Waals surface area (Å²) in [7, 11) is 6.65. The second kappa shape index (κ2) is 16.0. The number of aliphatic hydroxyl groups is 1. The molecule has 0 aliphatic heterocycles. The van der Waals surface area contributed by atoms with E-state index in [1.165, 1.54) is 0 Å². The first-order valence-corrected chi connectivity index (χ1v) is 15.7. The van der Waals surface area contributed by atoms with Crippen molar-refractivity contribution in [3.8, 4) is 34.5 Å². The molecule has 8 nitrogen and oxygen atoms in total. The zero-order chi connectivity index (χ0) is 31.4. The van der Waals surface area contributed by atoms with Gasteiger partial charge in [0.05, 0.1) is 42.7 Å². The van der Waals surface area contributed by atoms with Crippen molar-refractivity contribution >= 4 is 23.2 Å². The lowest BCUT2D eigenvalue weighted by atomic mass is 10.1. The molecule has 0 saturated heterocycles. The molecule has 0 aliphatic rings. The zero-order valence-corrected chi connectivity index (χ0v) is 26.7. The minimum absolute atomic E-state index is 0. The Balaban J connectivity index is 0.00000162. The average Bonchev–Trinajstić information content (AvgIpc) is 3.06. The number of hydrogen-bond acceptors (Lipinski definition) is 8. The molecule has 1 atom stereocenters. The van der Waals surface area contributed by atoms with E-state index in [0.717, 1.165) is 21.5 Å². The van der Waals surface area contributed by atoms with Gasteiger partial charge in [0.2, 0.25) is 0 Å². The third-order valence-electron chi connectivity index (χ3n) is 6.98. The molecule has 9 heteroatoms. The third kappa shape index (κ3) is 6.83. The van der Waals surface area contributed by atoms with Gasteiger partial charge in [0.25, 0.3) is 0 Å². The molecule has 1 N–H and O–H groups in total. The molecule has 1 unspecified atom stereocenters. The highest BCUT2D eigenvalue weighted by atomic mass is 31.2. The maximum Gasteiger partial charge on any atom is 0.188 e. The Morgan fingerprint density at radius 2 is 0.814 bits per heavy atom. The van der Waals surface area contributed by atoms with Crippen LogP contribution < -0.4 is 49.4 Å². The highest BCUT2D eigenvalue weighted by Gasteiger charge is 2.58. The molecule has 4 aromatic rings. The van der Waals surface area contributed by atoms with E-state index in [-0.39, 0.29) is 12.8 Å². The van der Waals surface area contributed by atoms with Crippen molar-refractivity contribution in [1.82, 2.24) is 0 Å². The molecule has 43 heavy (non-hydrogen) atoms. The second-order valence-electron chi connectivity index (χ2n) is 9.24. The number of aliphatic hydroxyl groups excluding tert-OH is 1. The van der Waals surface area contributed by atoms with Crippen LogP contribution in [0.1, 0.15) is 18.6 Å². The summed E-state index contributed by atoms with van der Waals surface area (Å²) in [6, 6.07) is 26.6. The molecule has 0 heterocycles. The fraction of sp³-hybridized carbons (Fsp3) is 0.294. The van der Waals surface area contributed by atoms with Gasteiger partial charge in [0, 0.05) is 0 Å². The van der Waals surface area contributed by atoms with Crippen LogP contribution in [0.4, 0.5) is 0 Å². The summed E-state index contributed by atoms with van der Waals surface area (Å²) in [4.78, 5) is 0. The first-order valence-electron chi connectivity index (χ1n) is 13.8. The van der Waals surface area contributed by atoms with Crippen molar-refractivity contribution in [3.63, 3.8) is 0 Å². The summed E-state index contributed by atoms with van der Waals surface area (Å²) in [5.41, 5.74) is 0.767. The van der Waals surface area contributed by atoms with E-state index >= 15 is 0 Å². The van der Waals surface area contributed by atoms with Gasteiger partial charge in [-0.2, -0.15) is 0 Å². The largest absolute Gasteiger partial charge is 0.855 e. The van der Waals surface area contributed by atoms with Gasteiger partial charge >= 0.3 is 0 Å². The van der Waals surface area contributed by atoms with Crippen LogP contribution in [0.3, 0.4) is 0 Å². The fourth-order valence-corrected chi connectivity index (χ4v) is 10.5. The maximum atomic E-state index is 12.0. The predicted octanol–water partition coefficient (Wildman–Crippen LogP) is 4.13. The molecule has 0 aliphatic carbocycles. The first kappa shape index (κ1) is 33.5. The van der Waals surface area contributed by atoms with Crippen LogP contribution in [0.25, 0.3) is 0 Å². The van der Waals surface area contributed by atoms with E-state index < -0.39 is 13.4 Å². The lowest BCUT2D eigenvalue weighted by Gasteiger charge is -2.34. The second-order valence-corrected chi connectivity index (χ2v) is 12.6. The van der Waals surface area contributed by atoms with Crippen LogP contribution in [0, 0.1) is 0 Å². The number of ether oxygens (including phenoxy) is 6. The smallest absolute Gasteiger partial charge is 0.188 e. The average molecular weight is 609 g/mol. The lowest BCUT2D eigenvalue weighted by Crippen LogP contribution is -2.39. The van der Waals surface area contributed by atoms with Gasteiger partial charge < -0.3 is 38.6 Å². The van der Waals surface area contributed by atoms with Crippen molar-refractivity contribution in [1.29, 1.82) is 0 Å². The first-order chi connectivity index (χ1) is 20.9. The highest BCUT2D eigenvalue weighted by molar-refractivity contribution is 7.96. The SMILES string of the molecule is CC[O-].COc1cccc(OC)c1[P+](CC(O)c1ccccc1)(c1c(OC)cccc1OC)c1c(OC)cccc1OC. The summed E-state index contributed by atoms with van der Waals surface area (Å²) in [5, 5.41) is 23.2. The van der Waals surface area contributed by atoms with Crippen LogP contribution in [-0.4, -0.2) is 60.5 Å². The molecule has 0 bridgehead atoms. The molecule has 0 radical (unpaired) electrons. The van der Waals surface area contributed by atoms with Crippen LogP contribution in [0.2, 0.25) is 0 Å². The van der Waals surface area contributed by atoms with Gasteiger partial charge in [-0.1, -0.05) is 55.5 Å². The van der Waals surface area contributed by atoms with Crippen molar-refractivity contribution in [2.75, 3.05) is 55.4 Å². The van der Waals surface area contributed by atoms with E-state index in [2.05, 4.69) is 0 Å². The Morgan fingerprint density at radius 1 is 0.535 bits per heavy atom. The minimum Gasteiger partial charge on any atom is -0.855 e. The predicted molar refractivity (Wildman–Crippen MR) is 171 cm³/mol. The summed E-state index contributed by atoms with van der Waals surface area (Å²) < 4.78 is 36.1. The standard InChI is InChI=1S/C32H36O7P.C2H5O/c1-34-24-15-10-16-25(35-2)30(24)40(21-23(33)22-13-8-7-9-14-22,31-26(36-3)17-11-18-27(31)37-4)32-28(38-5)19-12-20-29(32)39-6;1-2-3/h7-20,23,33H,21H2,1-6H3;2H2,1H3/q+1;-1. The third-order valence-corrected chi connectivity index (χ3v) is 11.5. The van der Waals surface area contributed by atoms with Crippen LogP contribution in [-0.2, 0) is 0 Å². The fourth-order valence-electron chi connectivity index (χ4n) is 5.27. The van der Waals surface area contributed by atoms with E-state index in [9.17, 15) is 5.11 Å². The van der Waals surface area contributed by atoms with Gasteiger partial charge in [-0.05, 0) is 42.0 Å². The maximum absolute atomic E-state index is 12.0. The van der Waals surface area contributed by atoms with Crippen LogP contribution in [0.15, 0.2) is 84.9 Å². The quantitative estimate of drug-likeness (QED) is 0.240. The molecule has 0 aromatic heterocycles. The monoisotopic (exact) mass is 608 g/mol. The molecule has 230 valence electrons. The molecule has 4 rings (SSSR count). The van der Waals surface area contributed by atoms with E-state index in [1.54, 1.807) is 49.6 Å². The normalized spacial score (nSPS) is 11.5. The van der Waals surface area contributed by atoms with E-state index in [0.29, 0.717) is 34.5 Å².